The fourth-order valence-electron chi connectivity index (χ4n) is 1.50. The fraction of sp³-hybridized carbons (Fsp3) is 0.308. The molecule has 0 radical (unpaired) electrons. The highest BCUT2D eigenvalue weighted by Crippen LogP contribution is 2.17. The molecule has 3 heteroatoms. The smallest absolute Gasteiger partial charge is 0.139 e. The van der Waals surface area contributed by atoms with Crippen molar-refractivity contribution in [2.45, 2.75) is 26.2 Å². The van der Waals surface area contributed by atoms with E-state index in [1.54, 1.807) is 12.1 Å². The van der Waals surface area contributed by atoms with E-state index in [4.69, 9.17) is 4.52 Å². The minimum Gasteiger partial charge on any atom is -0.361 e. The second-order valence-corrected chi connectivity index (χ2v) is 4.18. The van der Waals surface area contributed by atoms with Gasteiger partial charge in [0.25, 0.3) is 0 Å². The van der Waals surface area contributed by atoms with Gasteiger partial charge in [-0.2, -0.15) is 0 Å². The van der Waals surface area contributed by atoms with Crippen LogP contribution < -0.4 is 0 Å². The second kappa shape index (κ2) is 4.47. The first-order valence-corrected chi connectivity index (χ1v) is 5.35. The van der Waals surface area contributed by atoms with Crippen LogP contribution in [-0.2, 0) is 6.42 Å². The summed E-state index contributed by atoms with van der Waals surface area (Å²) in [6.45, 7) is 4.12. The number of hydrogen-bond acceptors (Lipinski definition) is 2. The van der Waals surface area contributed by atoms with Gasteiger partial charge in [-0.1, -0.05) is 31.1 Å². The predicted octanol–water partition coefficient (Wildman–Crippen LogP) is 3.53. The summed E-state index contributed by atoms with van der Waals surface area (Å²) in [4.78, 5) is 0. The molecular formula is C13H14FNO. The zero-order valence-corrected chi connectivity index (χ0v) is 9.40. The van der Waals surface area contributed by atoms with E-state index in [-0.39, 0.29) is 5.82 Å². The van der Waals surface area contributed by atoms with Gasteiger partial charge in [0, 0.05) is 18.4 Å². The summed E-state index contributed by atoms with van der Waals surface area (Å²) >= 11 is 0. The third-order valence-corrected chi connectivity index (χ3v) is 2.44. The van der Waals surface area contributed by atoms with Gasteiger partial charge in [0.1, 0.15) is 11.6 Å². The number of rotatable bonds is 3. The van der Waals surface area contributed by atoms with Crippen LogP contribution >= 0.6 is 0 Å². The molecule has 1 aromatic carbocycles. The van der Waals surface area contributed by atoms with Gasteiger partial charge in [0.05, 0.1) is 5.69 Å². The van der Waals surface area contributed by atoms with Crippen LogP contribution in [0.5, 0.6) is 0 Å². The highest BCUT2D eigenvalue weighted by Gasteiger charge is 2.08. The fourth-order valence-corrected chi connectivity index (χ4v) is 1.50. The van der Waals surface area contributed by atoms with Gasteiger partial charge >= 0.3 is 0 Å². The van der Waals surface area contributed by atoms with E-state index in [1.807, 2.05) is 6.07 Å². The molecule has 0 saturated heterocycles. The highest BCUT2D eigenvalue weighted by molar-refractivity contribution is 5.22. The molecule has 0 N–H and O–H groups in total. The van der Waals surface area contributed by atoms with Gasteiger partial charge in [-0.05, 0) is 17.7 Å². The Morgan fingerprint density at radius 3 is 2.50 bits per heavy atom. The summed E-state index contributed by atoms with van der Waals surface area (Å²) in [5.74, 6) is 1.01. The lowest BCUT2D eigenvalue weighted by molar-refractivity contribution is 0.366. The molecule has 0 fully saturated rings. The molecule has 2 nitrogen and oxygen atoms in total. The van der Waals surface area contributed by atoms with Crippen molar-refractivity contribution in [3.63, 3.8) is 0 Å². The molecule has 2 rings (SSSR count). The van der Waals surface area contributed by atoms with Crippen molar-refractivity contribution in [1.29, 1.82) is 0 Å². The number of hydrogen-bond donors (Lipinski definition) is 0. The van der Waals surface area contributed by atoms with Crippen LogP contribution in [-0.4, -0.2) is 5.16 Å². The average molecular weight is 219 g/mol. The van der Waals surface area contributed by atoms with Crippen molar-refractivity contribution < 1.29 is 8.91 Å². The van der Waals surface area contributed by atoms with Crippen molar-refractivity contribution in [3.8, 4) is 0 Å². The van der Waals surface area contributed by atoms with E-state index in [0.717, 1.165) is 17.0 Å². The third-order valence-electron chi connectivity index (χ3n) is 2.44. The number of benzene rings is 1. The maximum Gasteiger partial charge on any atom is 0.139 e. The van der Waals surface area contributed by atoms with E-state index in [0.29, 0.717) is 12.3 Å². The summed E-state index contributed by atoms with van der Waals surface area (Å²) in [6.07, 6.45) is 0.677. The number of aromatic nitrogens is 1. The summed E-state index contributed by atoms with van der Waals surface area (Å²) in [5, 5.41) is 3.99. The van der Waals surface area contributed by atoms with Crippen LogP contribution in [0.15, 0.2) is 34.9 Å². The first-order chi connectivity index (χ1) is 7.65. The van der Waals surface area contributed by atoms with Crippen LogP contribution in [0.1, 0.15) is 36.8 Å². The molecule has 0 bridgehead atoms. The standard InChI is InChI=1S/C13H14FNO/c1-9(2)13-8-12(15-16-13)7-10-3-5-11(14)6-4-10/h3-6,8-9H,7H2,1-2H3. The molecule has 0 amide bonds. The third kappa shape index (κ3) is 2.48. The van der Waals surface area contributed by atoms with Crippen LogP contribution in [0.3, 0.4) is 0 Å². The van der Waals surface area contributed by atoms with Crippen LogP contribution in [0.2, 0.25) is 0 Å². The summed E-state index contributed by atoms with van der Waals surface area (Å²) < 4.78 is 17.9. The lowest BCUT2D eigenvalue weighted by Gasteiger charge is -1.96. The van der Waals surface area contributed by atoms with Crippen molar-refractivity contribution in [1.82, 2.24) is 5.16 Å². The van der Waals surface area contributed by atoms with Gasteiger partial charge in [-0.15, -0.1) is 0 Å². The predicted molar refractivity (Wildman–Crippen MR) is 59.8 cm³/mol. The quantitative estimate of drug-likeness (QED) is 0.789. The normalized spacial score (nSPS) is 11.0. The van der Waals surface area contributed by atoms with E-state index in [1.165, 1.54) is 12.1 Å². The van der Waals surface area contributed by atoms with Crippen LogP contribution in [0, 0.1) is 5.82 Å². The average Bonchev–Trinajstić information content (AvgIpc) is 2.70. The molecule has 0 saturated carbocycles. The molecule has 0 unspecified atom stereocenters. The molecule has 1 heterocycles. The lowest BCUT2D eigenvalue weighted by Crippen LogP contribution is -1.88. The molecule has 84 valence electrons. The Hall–Kier alpha value is -1.64. The Morgan fingerprint density at radius 1 is 1.25 bits per heavy atom. The SMILES string of the molecule is CC(C)c1cc(Cc2ccc(F)cc2)no1. The highest BCUT2D eigenvalue weighted by atomic mass is 19.1. The topological polar surface area (TPSA) is 26.0 Å². The molecule has 0 atom stereocenters. The molecule has 1 aromatic heterocycles. The van der Waals surface area contributed by atoms with Gasteiger partial charge in [0.15, 0.2) is 0 Å². The zero-order chi connectivity index (χ0) is 11.5. The van der Waals surface area contributed by atoms with E-state index >= 15 is 0 Å². The largest absolute Gasteiger partial charge is 0.361 e. The first-order valence-electron chi connectivity index (χ1n) is 5.35. The summed E-state index contributed by atoms with van der Waals surface area (Å²) in [7, 11) is 0. The van der Waals surface area contributed by atoms with E-state index in [2.05, 4.69) is 19.0 Å². The first kappa shape index (κ1) is 10.9. The molecular weight excluding hydrogens is 205 g/mol. The minimum absolute atomic E-state index is 0.216. The molecule has 2 aromatic rings. The Bertz CT molecular complexity index is 459. The van der Waals surface area contributed by atoms with Crippen LogP contribution in [0.25, 0.3) is 0 Å². The van der Waals surface area contributed by atoms with Gasteiger partial charge < -0.3 is 4.52 Å². The van der Waals surface area contributed by atoms with Crippen molar-refractivity contribution >= 4 is 0 Å². The number of nitrogens with zero attached hydrogens (tertiary/aromatic N) is 1. The maximum absolute atomic E-state index is 12.7. The Labute approximate surface area is 94.1 Å². The molecule has 16 heavy (non-hydrogen) atoms. The maximum atomic E-state index is 12.7. The van der Waals surface area contributed by atoms with Gasteiger partial charge in [-0.3, -0.25) is 0 Å². The Morgan fingerprint density at radius 2 is 1.94 bits per heavy atom. The van der Waals surface area contributed by atoms with Crippen molar-refractivity contribution in [2.75, 3.05) is 0 Å². The van der Waals surface area contributed by atoms with Gasteiger partial charge in [-0.25, -0.2) is 4.39 Å². The summed E-state index contributed by atoms with van der Waals surface area (Å²) in [5.41, 5.74) is 1.92. The molecule has 0 aliphatic carbocycles. The molecule has 0 aliphatic rings. The molecule has 0 aliphatic heterocycles. The van der Waals surface area contributed by atoms with E-state index in [9.17, 15) is 4.39 Å². The Balaban J connectivity index is 2.11. The second-order valence-electron chi connectivity index (χ2n) is 4.18. The minimum atomic E-state index is -0.216. The number of halogens is 1. The summed E-state index contributed by atoms with van der Waals surface area (Å²) in [6, 6.07) is 8.39. The van der Waals surface area contributed by atoms with Crippen molar-refractivity contribution in [2.24, 2.45) is 0 Å². The molecule has 0 spiro atoms. The van der Waals surface area contributed by atoms with Crippen LogP contribution in [0.4, 0.5) is 4.39 Å². The van der Waals surface area contributed by atoms with Crippen molar-refractivity contribution in [3.05, 3.63) is 53.2 Å². The lowest BCUT2D eigenvalue weighted by atomic mass is 10.1. The monoisotopic (exact) mass is 219 g/mol. The zero-order valence-electron chi connectivity index (χ0n) is 9.40. The van der Waals surface area contributed by atoms with E-state index < -0.39 is 0 Å². The Kier molecular flexibility index (Phi) is 3.04. The van der Waals surface area contributed by atoms with Gasteiger partial charge in [0.2, 0.25) is 0 Å².